The van der Waals surface area contributed by atoms with Crippen molar-refractivity contribution in [1.82, 2.24) is 0 Å². The van der Waals surface area contributed by atoms with Gasteiger partial charge in [0, 0.05) is 5.41 Å². The molecule has 0 amide bonds. The number of rotatable bonds is 3. The van der Waals surface area contributed by atoms with E-state index in [9.17, 15) is 15.0 Å². The van der Waals surface area contributed by atoms with Crippen molar-refractivity contribution in [3.05, 3.63) is 11.6 Å². The van der Waals surface area contributed by atoms with E-state index in [4.69, 9.17) is 4.43 Å². The van der Waals surface area contributed by atoms with Crippen LogP contribution in [0.2, 0.25) is 18.1 Å². The van der Waals surface area contributed by atoms with Crippen LogP contribution in [0.25, 0.3) is 0 Å². The molecule has 4 nitrogen and oxygen atoms in total. The summed E-state index contributed by atoms with van der Waals surface area (Å²) in [5.74, 6) is 1.57. The number of ketones is 1. The maximum absolute atomic E-state index is 13.1. The van der Waals surface area contributed by atoms with E-state index in [0.717, 1.165) is 38.5 Å². The second kappa shape index (κ2) is 7.26. The van der Waals surface area contributed by atoms with Crippen molar-refractivity contribution in [2.24, 2.45) is 28.6 Å². The van der Waals surface area contributed by atoms with E-state index in [1.165, 1.54) is 5.57 Å². The molecule has 5 heteroatoms. The van der Waals surface area contributed by atoms with Crippen LogP contribution in [-0.2, 0) is 9.22 Å². The molecule has 4 aliphatic rings. The summed E-state index contributed by atoms with van der Waals surface area (Å²) in [6.07, 6.45) is 7.94. The van der Waals surface area contributed by atoms with Gasteiger partial charge < -0.3 is 14.6 Å². The van der Waals surface area contributed by atoms with Crippen molar-refractivity contribution in [3.8, 4) is 0 Å². The van der Waals surface area contributed by atoms with Gasteiger partial charge in [-0.3, -0.25) is 4.79 Å². The third-order valence-corrected chi connectivity index (χ3v) is 14.7. The molecule has 0 heterocycles. The molecule has 4 aliphatic carbocycles. The number of hydrogen-bond donors (Lipinski definition) is 2. The van der Waals surface area contributed by atoms with Gasteiger partial charge in [0.2, 0.25) is 0 Å². The highest BCUT2D eigenvalue weighted by Gasteiger charge is 2.61. The summed E-state index contributed by atoms with van der Waals surface area (Å²) in [5.41, 5.74) is 0.882. The van der Waals surface area contributed by atoms with E-state index in [1.54, 1.807) is 0 Å². The van der Waals surface area contributed by atoms with Crippen LogP contribution in [0.4, 0.5) is 0 Å². The minimum absolute atomic E-state index is 0.0283. The molecule has 0 aliphatic heterocycles. The number of aliphatic hydroxyl groups is 2. The Kier molecular flexibility index (Phi) is 5.49. The number of aliphatic hydroxyl groups excluding tert-OH is 2. The third kappa shape index (κ3) is 3.22. The topological polar surface area (TPSA) is 66.8 Å². The fourth-order valence-corrected chi connectivity index (χ4v) is 8.53. The number of carbonyl (C=O) groups excluding carboxylic acids is 1. The van der Waals surface area contributed by atoms with Gasteiger partial charge in [-0.2, -0.15) is 0 Å². The zero-order chi connectivity index (χ0) is 22.1. The van der Waals surface area contributed by atoms with E-state index in [0.29, 0.717) is 24.2 Å². The third-order valence-electron chi connectivity index (χ3n) is 10.2. The van der Waals surface area contributed by atoms with Gasteiger partial charge in [0.05, 0.1) is 12.7 Å². The van der Waals surface area contributed by atoms with Gasteiger partial charge in [-0.15, -0.1) is 0 Å². The molecule has 0 bridgehead atoms. The average molecular weight is 435 g/mol. The first-order valence-electron chi connectivity index (χ1n) is 12.1. The molecule has 30 heavy (non-hydrogen) atoms. The van der Waals surface area contributed by atoms with Crippen LogP contribution < -0.4 is 0 Å². The normalized spacial score (nSPS) is 44.2. The van der Waals surface area contributed by atoms with Gasteiger partial charge in [0.1, 0.15) is 6.10 Å². The fraction of sp³-hybridized carbons (Fsp3) is 0.880. The molecule has 4 rings (SSSR count). The lowest BCUT2D eigenvalue weighted by Crippen LogP contribution is -2.57. The van der Waals surface area contributed by atoms with Crippen LogP contribution in [0.3, 0.4) is 0 Å². The highest BCUT2D eigenvalue weighted by molar-refractivity contribution is 6.74. The molecule has 0 radical (unpaired) electrons. The Labute approximate surface area is 183 Å². The molecule has 3 fully saturated rings. The molecule has 170 valence electrons. The smallest absolute Gasteiger partial charge is 0.193 e. The van der Waals surface area contributed by atoms with E-state index in [-0.39, 0.29) is 34.4 Å². The zero-order valence-electron chi connectivity index (χ0n) is 19.8. The van der Waals surface area contributed by atoms with Gasteiger partial charge in [-0.1, -0.05) is 33.3 Å². The second-order valence-electron chi connectivity index (χ2n) is 12.5. The Morgan fingerprint density at radius 1 is 1.17 bits per heavy atom. The zero-order valence-corrected chi connectivity index (χ0v) is 20.8. The van der Waals surface area contributed by atoms with Gasteiger partial charge in [0.15, 0.2) is 14.1 Å². The lowest BCUT2D eigenvalue weighted by Gasteiger charge is -2.59. The van der Waals surface area contributed by atoms with Crippen molar-refractivity contribution in [1.29, 1.82) is 0 Å². The van der Waals surface area contributed by atoms with Crippen LogP contribution in [0.1, 0.15) is 72.6 Å². The predicted molar refractivity (Wildman–Crippen MR) is 122 cm³/mol. The summed E-state index contributed by atoms with van der Waals surface area (Å²) in [7, 11) is -2.09. The minimum atomic E-state index is -2.09. The maximum Gasteiger partial charge on any atom is 0.193 e. The van der Waals surface area contributed by atoms with E-state index >= 15 is 0 Å². The lowest BCUT2D eigenvalue weighted by atomic mass is 9.47. The van der Waals surface area contributed by atoms with E-state index < -0.39 is 14.4 Å². The molecule has 7 atom stereocenters. The first-order chi connectivity index (χ1) is 13.9. The SMILES string of the molecule is CC(C)(C)[Si](C)(C)O[C@H]1C[C@@]2(CO)C(=CC1=O)CC[C@@H]1[C@@H]2CC[C@]2(C)[C@@H](O)CC[C@@H]12. The molecule has 0 aromatic rings. The molecule has 2 N–H and O–H groups in total. The molecule has 0 saturated heterocycles. The Hall–Kier alpha value is -0.493. The summed E-state index contributed by atoms with van der Waals surface area (Å²) < 4.78 is 6.63. The first kappa shape index (κ1) is 22.7. The highest BCUT2D eigenvalue weighted by atomic mass is 28.4. The van der Waals surface area contributed by atoms with Gasteiger partial charge in [-0.25, -0.2) is 0 Å². The lowest BCUT2D eigenvalue weighted by molar-refractivity contribution is -0.131. The van der Waals surface area contributed by atoms with Crippen LogP contribution in [0.15, 0.2) is 11.6 Å². The highest BCUT2D eigenvalue weighted by Crippen LogP contribution is 2.65. The average Bonchev–Trinajstić information content (AvgIpc) is 2.96. The minimum Gasteiger partial charge on any atom is -0.407 e. The van der Waals surface area contributed by atoms with Crippen LogP contribution in [-0.4, -0.2) is 43.1 Å². The molecule has 0 aromatic heterocycles. The standard InChI is InChI=1S/C25H42O4Si/c1-23(2,3)30(5,6)29-21-14-25(15-26)16(13-20(21)27)7-8-17-18-9-10-22(28)24(18,4)12-11-19(17)25/h13,17-19,21-22,26,28H,7-12,14-15H2,1-6H3/t17-,18-,19-,21-,22-,24-,25+/m0/s1. The molecular formula is C25H42O4Si. The summed E-state index contributed by atoms with van der Waals surface area (Å²) in [5, 5.41) is 21.5. The van der Waals surface area contributed by atoms with Crippen molar-refractivity contribution in [2.45, 2.75) is 103 Å². The quantitative estimate of drug-likeness (QED) is 0.623. The summed E-state index contributed by atoms with van der Waals surface area (Å²) in [6, 6.07) is 0. The van der Waals surface area contributed by atoms with Crippen LogP contribution >= 0.6 is 0 Å². The van der Waals surface area contributed by atoms with Crippen molar-refractivity contribution in [3.63, 3.8) is 0 Å². The van der Waals surface area contributed by atoms with Crippen LogP contribution in [0.5, 0.6) is 0 Å². The van der Waals surface area contributed by atoms with Crippen LogP contribution in [0, 0.1) is 28.6 Å². The largest absolute Gasteiger partial charge is 0.407 e. The molecular weight excluding hydrogens is 392 g/mol. The van der Waals surface area contributed by atoms with E-state index in [2.05, 4.69) is 40.8 Å². The van der Waals surface area contributed by atoms with Gasteiger partial charge >= 0.3 is 0 Å². The number of fused-ring (bicyclic) bond motifs is 5. The summed E-state index contributed by atoms with van der Waals surface area (Å²) in [4.78, 5) is 13.1. The van der Waals surface area contributed by atoms with Crippen molar-refractivity contribution < 1.29 is 19.4 Å². The first-order valence-corrected chi connectivity index (χ1v) is 15.0. The predicted octanol–water partition coefficient (Wildman–Crippen LogP) is 4.85. The Morgan fingerprint density at radius 2 is 1.87 bits per heavy atom. The number of carbonyl (C=O) groups is 1. The molecule has 0 aromatic carbocycles. The number of hydrogen-bond acceptors (Lipinski definition) is 4. The monoisotopic (exact) mass is 434 g/mol. The Balaban J connectivity index is 1.66. The van der Waals surface area contributed by atoms with Crippen molar-refractivity contribution in [2.75, 3.05) is 6.61 Å². The summed E-state index contributed by atoms with van der Waals surface area (Å²) in [6.45, 7) is 13.4. The Morgan fingerprint density at radius 3 is 2.50 bits per heavy atom. The van der Waals surface area contributed by atoms with Gasteiger partial charge in [0.25, 0.3) is 0 Å². The fourth-order valence-electron chi connectivity index (χ4n) is 7.27. The second-order valence-corrected chi connectivity index (χ2v) is 17.3. The van der Waals surface area contributed by atoms with Crippen molar-refractivity contribution >= 4 is 14.1 Å². The van der Waals surface area contributed by atoms with Gasteiger partial charge in [-0.05, 0) is 92.3 Å². The Bertz CT molecular complexity index is 738. The summed E-state index contributed by atoms with van der Waals surface area (Å²) >= 11 is 0. The molecule has 3 saturated carbocycles. The maximum atomic E-state index is 13.1. The molecule has 0 unspecified atom stereocenters. The molecule has 0 spiro atoms. The van der Waals surface area contributed by atoms with E-state index in [1.807, 2.05) is 6.08 Å².